The first-order chi connectivity index (χ1) is 12.8. The molecule has 28 heavy (non-hydrogen) atoms. The number of carbonyl (C=O) groups is 1. The lowest BCUT2D eigenvalue weighted by atomic mass is 9.68. The highest BCUT2D eigenvalue weighted by molar-refractivity contribution is 8.00. The van der Waals surface area contributed by atoms with E-state index in [2.05, 4.69) is 20.4 Å². The van der Waals surface area contributed by atoms with E-state index < -0.39 is 29.0 Å². The number of unbranched alkanes of at least 4 members (excludes halogenated alkanes) is 1. The lowest BCUT2D eigenvalue weighted by Crippen LogP contribution is -2.56. The van der Waals surface area contributed by atoms with E-state index in [1.54, 1.807) is 0 Å². The Morgan fingerprint density at radius 1 is 1.29 bits per heavy atom. The molecule has 6 nitrogen and oxygen atoms in total. The molecule has 0 radical (unpaired) electrons. The molecule has 0 amide bonds. The van der Waals surface area contributed by atoms with Gasteiger partial charge in [-0.1, -0.05) is 25.8 Å². The normalized spacial score (nSPS) is 27.4. The van der Waals surface area contributed by atoms with E-state index in [-0.39, 0.29) is 24.0 Å². The molecule has 0 aromatic rings. The van der Waals surface area contributed by atoms with Crippen molar-refractivity contribution in [2.75, 3.05) is 12.4 Å². The molecule has 1 aliphatic rings. The standard InChI is InChI=1S/C21H39NO5S/c1-13(2)9-7-8-10-20(3,4)16-15(27-11-14(23)17(16)24)12-28-21(5,6)18(22)19(25)26/h14-18,23-24H,1,7-12,22H2,2-6H3,(H,25,26). The maximum atomic E-state index is 11.3. The molecule has 0 bridgehead atoms. The molecule has 0 aliphatic carbocycles. The Balaban J connectivity index is 2.84. The van der Waals surface area contributed by atoms with Gasteiger partial charge in [-0.25, -0.2) is 0 Å². The van der Waals surface area contributed by atoms with Gasteiger partial charge in [-0.2, -0.15) is 11.8 Å². The van der Waals surface area contributed by atoms with E-state index in [9.17, 15) is 20.1 Å². The summed E-state index contributed by atoms with van der Waals surface area (Å²) in [5.74, 6) is -0.769. The number of hydrogen-bond acceptors (Lipinski definition) is 6. The maximum absolute atomic E-state index is 11.3. The number of rotatable bonds is 11. The zero-order chi connectivity index (χ0) is 21.7. The smallest absolute Gasteiger partial charge is 0.321 e. The van der Waals surface area contributed by atoms with Gasteiger partial charge in [0.15, 0.2) is 0 Å². The quantitative estimate of drug-likeness (QED) is 0.302. The lowest BCUT2D eigenvalue weighted by molar-refractivity contribution is -0.180. The first-order valence-electron chi connectivity index (χ1n) is 10.0. The number of thioether (sulfide) groups is 1. The van der Waals surface area contributed by atoms with Gasteiger partial charge in [-0.3, -0.25) is 4.79 Å². The summed E-state index contributed by atoms with van der Waals surface area (Å²) in [5.41, 5.74) is 6.76. The van der Waals surface area contributed by atoms with Crippen molar-refractivity contribution in [1.82, 2.24) is 0 Å². The first kappa shape index (κ1) is 25.4. The molecule has 1 heterocycles. The molecule has 0 aromatic heterocycles. The van der Waals surface area contributed by atoms with Gasteiger partial charge in [0.1, 0.15) is 12.1 Å². The van der Waals surface area contributed by atoms with Gasteiger partial charge in [0.25, 0.3) is 0 Å². The predicted molar refractivity (Wildman–Crippen MR) is 114 cm³/mol. The van der Waals surface area contributed by atoms with Crippen molar-refractivity contribution in [3.63, 3.8) is 0 Å². The van der Waals surface area contributed by atoms with Gasteiger partial charge in [-0.15, -0.1) is 6.58 Å². The third kappa shape index (κ3) is 7.02. The molecule has 0 spiro atoms. The minimum absolute atomic E-state index is 0.0834. The number of aliphatic hydroxyl groups excluding tert-OH is 2. The molecule has 7 heteroatoms. The number of ether oxygens (including phenoxy) is 1. The number of aliphatic carboxylic acids is 1. The van der Waals surface area contributed by atoms with Crippen molar-refractivity contribution in [1.29, 1.82) is 0 Å². The highest BCUT2D eigenvalue weighted by atomic mass is 32.2. The molecule has 1 aliphatic heterocycles. The van der Waals surface area contributed by atoms with Crippen molar-refractivity contribution in [3.8, 4) is 0 Å². The largest absolute Gasteiger partial charge is 0.480 e. The van der Waals surface area contributed by atoms with Crippen LogP contribution in [0.3, 0.4) is 0 Å². The summed E-state index contributed by atoms with van der Waals surface area (Å²) in [6.07, 6.45) is 1.89. The molecule has 1 fully saturated rings. The van der Waals surface area contributed by atoms with Crippen LogP contribution in [0.1, 0.15) is 60.3 Å². The molecule has 5 unspecified atom stereocenters. The summed E-state index contributed by atoms with van der Waals surface area (Å²) in [4.78, 5) is 11.3. The van der Waals surface area contributed by atoms with Gasteiger partial charge in [0.05, 0.1) is 18.8 Å². The maximum Gasteiger partial charge on any atom is 0.321 e. The van der Waals surface area contributed by atoms with Crippen LogP contribution in [0.15, 0.2) is 12.2 Å². The zero-order valence-electron chi connectivity index (χ0n) is 18.0. The second kappa shape index (κ2) is 10.4. The van der Waals surface area contributed by atoms with E-state index >= 15 is 0 Å². The number of aliphatic hydroxyl groups is 2. The van der Waals surface area contributed by atoms with Crippen LogP contribution in [0.25, 0.3) is 0 Å². The molecule has 164 valence electrons. The van der Waals surface area contributed by atoms with Crippen LogP contribution >= 0.6 is 11.8 Å². The Bertz CT molecular complexity index is 537. The minimum Gasteiger partial charge on any atom is -0.480 e. The monoisotopic (exact) mass is 417 g/mol. The van der Waals surface area contributed by atoms with Crippen molar-refractivity contribution in [2.24, 2.45) is 17.1 Å². The zero-order valence-corrected chi connectivity index (χ0v) is 18.8. The van der Waals surface area contributed by atoms with Crippen LogP contribution in [0.2, 0.25) is 0 Å². The van der Waals surface area contributed by atoms with Crippen LogP contribution in [0, 0.1) is 11.3 Å². The summed E-state index contributed by atoms with van der Waals surface area (Å²) < 4.78 is 5.23. The fourth-order valence-electron chi connectivity index (χ4n) is 3.86. The first-order valence-corrected chi connectivity index (χ1v) is 11.0. The average molecular weight is 418 g/mol. The average Bonchev–Trinajstić information content (AvgIpc) is 2.58. The van der Waals surface area contributed by atoms with Gasteiger partial charge in [0.2, 0.25) is 0 Å². The molecule has 1 rings (SSSR count). The summed E-state index contributed by atoms with van der Waals surface area (Å²) in [5, 5.41) is 30.1. The van der Waals surface area contributed by atoms with Crippen molar-refractivity contribution >= 4 is 17.7 Å². The second-order valence-electron chi connectivity index (χ2n) is 9.34. The Morgan fingerprint density at radius 3 is 2.43 bits per heavy atom. The SMILES string of the molecule is C=C(C)CCCCC(C)(C)C1C(CSC(C)(C)C(N)C(=O)O)OCC(O)C1O. The predicted octanol–water partition coefficient (Wildman–Crippen LogP) is 2.81. The van der Waals surface area contributed by atoms with Crippen LogP contribution < -0.4 is 5.73 Å². The fraction of sp³-hybridized carbons (Fsp3) is 0.857. The molecule has 1 saturated heterocycles. The van der Waals surface area contributed by atoms with E-state index in [0.29, 0.717) is 5.75 Å². The van der Waals surface area contributed by atoms with Gasteiger partial charge in [-0.05, 0) is 45.4 Å². The van der Waals surface area contributed by atoms with Crippen LogP contribution in [-0.4, -0.2) is 62.7 Å². The van der Waals surface area contributed by atoms with Crippen LogP contribution in [0.4, 0.5) is 0 Å². The second-order valence-corrected chi connectivity index (χ2v) is 11.0. The van der Waals surface area contributed by atoms with Crippen molar-refractivity contribution in [3.05, 3.63) is 12.2 Å². The van der Waals surface area contributed by atoms with E-state index in [4.69, 9.17) is 10.5 Å². The highest BCUT2D eigenvalue weighted by Crippen LogP contribution is 2.43. The summed E-state index contributed by atoms with van der Waals surface area (Å²) in [7, 11) is 0. The van der Waals surface area contributed by atoms with E-state index in [0.717, 1.165) is 25.7 Å². The summed E-state index contributed by atoms with van der Waals surface area (Å²) in [6.45, 7) is 13.9. The highest BCUT2D eigenvalue weighted by Gasteiger charge is 2.47. The molecular formula is C21H39NO5S. The Kier molecular flexibility index (Phi) is 9.48. The number of carboxylic acid groups (broad SMARTS) is 1. The lowest BCUT2D eigenvalue weighted by Gasteiger charge is -2.47. The molecule has 5 atom stereocenters. The molecule has 0 saturated carbocycles. The van der Waals surface area contributed by atoms with Crippen LogP contribution in [-0.2, 0) is 9.53 Å². The Morgan fingerprint density at radius 2 is 1.89 bits per heavy atom. The van der Waals surface area contributed by atoms with Gasteiger partial charge in [0, 0.05) is 16.4 Å². The summed E-state index contributed by atoms with van der Waals surface area (Å²) in [6, 6.07) is -0.995. The number of hydrogen-bond donors (Lipinski definition) is 4. The van der Waals surface area contributed by atoms with Crippen molar-refractivity contribution in [2.45, 2.75) is 89.4 Å². The van der Waals surface area contributed by atoms with Gasteiger partial charge >= 0.3 is 5.97 Å². The van der Waals surface area contributed by atoms with E-state index in [1.807, 2.05) is 20.8 Å². The number of allylic oxidation sites excluding steroid dienone is 1. The number of carboxylic acids is 1. The molecule has 5 N–H and O–H groups in total. The molecule has 0 aromatic carbocycles. The third-order valence-electron chi connectivity index (χ3n) is 5.86. The molecular weight excluding hydrogens is 378 g/mol. The number of nitrogens with two attached hydrogens (primary N) is 1. The third-order valence-corrected chi connectivity index (χ3v) is 7.35. The Labute approximate surface area is 173 Å². The topological polar surface area (TPSA) is 113 Å². The van der Waals surface area contributed by atoms with Gasteiger partial charge < -0.3 is 25.8 Å². The summed E-state index contributed by atoms with van der Waals surface area (Å²) >= 11 is 1.44. The van der Waals surface area contributed by atoms with Crippen LogP contribution in [0.5, 0.6) is 0 Å². The fourth-order valence-corrected chi connectivity index (χ4v) is 5.04. The Hall–Kier alpha value is -0.600. The van der Waals surface area contributed by atoms with Crippen molar-refractivity contribution < 1.29 is 24.9 Å². The minimum atomic E-state index is -1.04. The van der Waals surface area contributed by atoms with E-state index in [1.165, 1.54) is 17.3 Å².